The average Bonchev–Trinajstić information content (AvgIpc) is 2.76. The van der Waals surface area contributed by atoms with Crippen LogP contribution < -0.4 is 10.6 Å². The number of alkyl halides is 3. The number of rotatable bonds is 2. The molecule has 0 saturated carbocycles. The molecule has 170 valence electrons. The van der Waals surface area contributed by atoms with E-state index in [-0.39, 0.29) is 25.6 Å². The Kier molecular flexibility index (Phi) is 5.92. The second kappa shape index (κ2) is 8.52. The molecule has 1 aromatic heterocycles. The fourth-order valence-corrected chi connectivity index (χ4v) is 4.43. The summed E-state index contributed by atoms with van der Waals surface area (Å²) in [6.07, 6.45) is -2.89. The third-order valence-corrected chi connectivity index (χ3v) is 5.86. The summed E-state index contributed by atoms with van der Waals surface area (Å²) in [6, 6.07) is 4.73. The summed E-state index contributed by atoms with van der Waals surface area (Å²) in [4.78, 5) is 24.8. The lowest BCUT2D eigenvalue weighted by Crippen LogP contribution is -2.59. The molecule has 3 heterocycles. The minimum absolute atomic E-state index is 0.0604. The molecule has 8 nitrogen and oxygen atoms in total. The normalized spacial score (nSPS) is 26.8. The molecule has 2 N–H and O–H groups in total. The van der Waals surface area contributed by atoms with Gasteiger partial charge in [0.05, 0.1) is 29.8 Å². The van der Waals surface area contributed by atoms with Crippen molar-refractivity contribution in [2.45, 2.75) is 37.8 Å². The van der Waals surface area contributed by atoms with Crippen molar-refractivity contribution in [2.75, 3.05) is 31.1 Å². The number of hydrogen-bond donors (Lipinski definition) is 1. The van der Waals surface area contributed by atoms with Crippen molar-refractivity contribution in [1.29, 1.82) is 5.26 Å². The van der Waals surface area contributed by atoms with E-state index in [0.717, 1.165) is 0 Å². The second-order valence-electron chi connectivity index (χ2n) is 8.32. The number of benzene rings is 1. The lowest BCUT2D eigenvalue weighted by Gasteiger charge is -2.42. The van der Waals surface area contributed by atoms with E-state index in [1.54, 1.807) is 19.1 Å². The molecule has 11 heteroatoms. The average molecular weight is 448 g/mol. The number of fused-ring (bicyclic) bond motifs is 1. The van der Waals surface area contributed by atoms with Crippen LogP contribution in [0.1, 0.15) is 18.9 Å². The van der Waals surface area contributed by atoms with Gasteiger partial charge in [0.2, 0.25) is 0 Å². The van der Waals surface area contributed by atoms with Crippen LogP contribution in [0.5, 0.6) is 0 Å². The smallest absolute Gasteiger partial charge is 0.364 e. The Morgan fingerprint density at radius 1 is 1.19 bits per heavy atom. The third-order valence-electron chi connectivity index (χ3n) is 5.86. The Morgan fingerprint density at radius 3 is 2.59 bits per heavy atom. The molecule has 2 aromatic rings. The molecule has 4 atom stereocenters. The minimum atomic E-state index is -4.41. The molecule has 0 unspecified atom stereocenters. The number of nitrogens with two attached hydrogens (primary N) is 1. The van der Waals surface area contributed by atoms with E-state index in [4.69, 9.17) is 10.5 Å². The molecule has 2 aliphatic rings. The molecular weight excluding hydrogens is 425 g/mol. The van der Waals surface area contributed by atoms with Crippen LogP contribution >= 0.6 is 0 Å². The number of anilines is 1. The highest BCUT2D eigenvalue weighted by Gasteiger charge is 2.46. The van der Waals surface area contributed by atoms with E-state index in [1.165, 1.54) is 17.3 Å². The molecule has 0 spiro atoms. The summed E-state index contributed by atoms with van der Waals surface area (Å²) < 4.78 is 45.7. The number of hydrogen-bond acceptors (Lipinski definition) is 7. The van der Waals surface area contributed by atoms with Crippen molar-refractivity contribution in [3.63, 3.8) is 0 Å². The first-order chi connectivity index (χ1) is 15.2. The Bertz CT molecular complexity index is 1060. The maximum atomic E-state index is 13.3. The number of nitrogens with zero attached hydrogens (tertiary/aromatic N) is 5. The molecule has 1 amide bonds. The van der Waals surface area contributed by atoms with Crippen LogP contribution in [-0.4, -0.2) is 71.4 Å². The summed E-state index contributed by atoms with van der Waals surface area (Å²) in [7, 11) is 0. The maximum absolute atomic E-state index is 13.3. The molecule has 0 radical (unpaired) electrons. The van der Waals surface area contributed by atoms with Gasteiger partial charge in [0.1, 0.15) is 17.1 Å². The van der Waals surface area contributed by atoms with Gasteiger partial charge in [-0.2, -0.15) is 18.4 Å². The number of carbonyl (C=O) groups excluding carboxylic acids is 1. The van der Waals surface area contributed by atoms with E-state index in [0.29, 0.717) is 28.8 Å². The summed E-state index contributed by atoms with van der Waals surface area (Å²) >= 11 is 0. The van der Waals surface area contributed by atoms with Gasteiger partial charge in [0.15, 0.2) is 6.10 Å². The molecule has 32 heavy (non-hydrogen) atoms. The summed E-state index contributed by atoms with van der Waals surface area (Å²) in [5.74, 6) is -2.15. The SMILES string of the molecule is C[C@@H]1CN(c2ccc(C#N)c3nccnc23)C[C@H](C(=O)N2C[C@H](N)C[C@H](C(F)(F)F)C2)O1. The van der Waals surface area contributed by atoms with Crippen LogP contribution in [-0.2, 0) is 9.53 Å². The monoisotopic (exact) mass is 448 g/mol. The summed E-state index contributed by atoms with van der Waals surface area (Å²) in [5, 5.41) is 9.35. The molecule has 0 bridgehead atoms. The molecular formula is C21H23F3N6O2. The highest BCUT2D eigenvalue weighted by Crippen LogP contribution is 2.34. The second-order valence-corrected chi connectivity index (χ2v) is 8.32. The van der Waals surface area contributed by atoms with Crippen molar-refractivity contribution in [3.8, 4) is 6.07 Å². The molecule has 0 aliphatic carbocycles. The van der Waals surface area contributed by atoms with Crippen LogP contribution in [0.3, 0.4) is 0 Å². The first kappa shape index (κ1) is 22.2. The van der Waals surface area contributed by atoms with Crippen LogP contribution in [0.15, 0.2) is 24.5 Å². The number of likely N-dealkylation sites (tertiary alicyclic amines) is 1. The molecule has 1 aromatic carbocycles. The van der Waals surface area contributed by atoms with Gasteiger partial charge >= 0.3 is 6.18 Å². The van der Waals surface area contributed by atoms with Crippen LogP contribution in [0, 0.1) is 17.2 Å². The molecule has 2 fully saturated rings. The van der Waals surface area contributed by atoms with Crippen LogP contribution in [0.25, 0.3) is 11.0 Å². The fourth-order valence-electron chi connectivity index (χ4n) is 4.43. The zero-order valence-electron chi connectivity index (χ0n) is 17.4. The lowest BCUT2D eigenvalue weighted by molar-refractivity contribution is -0.192. The Labute approximate surface area is 182 Å². The zero-order valence-corrected chi connectivity index (χ0v) is 17.4. The number of amides is 1. The van der Waals surface area contributed by atoms with Gasteiger partial charge in [-0.25, -0.2) is 0 Å². The number of halogens is 3. The van der Waals surface area contributed by atoms with E-state index in [2.05, 4.69) is 16.0 Å². The number of ether oxygens (including phenoxy) is 1. The highest BCUT2D eigenvalue weighted by molar-refractivity contribution is 5.92. The largest absolute Gasteiger partial charge is 0.393 e. The van der Waals surface area contributed by atoms with Crippen LogP contribution in [0.4, 0.5) is 18.9 Å². The highest BCUT2D eigenvalue weighted by atomic mass is 19.4. The number of aromatic nitrogens is 2. The molecule has 2 saturated heterocycles. The van der Waals surface area contributed by atoms with Crippen molar-refractivity contribution in [1.82, 2.24) is 14.9 Å². The number of piperidine rings is 1. The predicted octanol–water partition coefficient (Wildman–Crippen LogP) is 1.83. The Hall–Kier alpha value is -2.97. The van der Waals surface area contributed by atoms with Crippen molar-refractivity contribution in [3.05, 3.63) is 30.1 Å². The first-order valence-electron chi connectivity index (χ1n) is 10.3. The number of nitriles is 1. The van der Waals surface area contributed by atoms with E-state index >= 15 is 0 Å². The third kappa shape index (κ3) is 4.33. The van der Waals surface area contributed by atoms with Crippen LogP contribution in [0.2, 0.25) is 0 Å². The van der Waals surface area contributed by atoms with Gasteiger partial charge in [0, 0.05) is 38.1 Å². The number of carbonyl (C=O) groups is 1. The van der Waals surface area contributed by atoms with Gasteiger partial charge in [-0.3, -0.25) is 14.8 Å². The topological polar surface area (TPSA) is 108 Å². The Morgan fingerprint density at radius 2 is 1.91 bits per heavy atom. The van der Waals surface area contributed by atoms with E-state index in [9.17, 15) is 23.2 Å². The van der Waals surface area contributed by atoms with E-state index in [1.807, 2.05) is 4.90 Å². The number of morpholine rings is 1. The lowest BCUT2D eigenvalue weighted by atomic mass is 9.93. The zero-order chi connectivity index (χ0) is 23.0. The van der Waals surface area contributed by atoms with Crippen molar-refractivity contribution in [2.24, 2.45) is 11.7 Å². The molecule has 4 rings (SSSR count). The van der Waals surface area contributed by atoms with Gasteiger partial charge in [-0.1, -0.05) is 0 Å². The Balaban J connectivity index is 1.59. The quantitative estimate of drug-likeness (QED) is 0.747. The first-order valence-corrected chi connectivity index (χ1v) is 10.3. The van der Waals surface area contributed by atoms with Gasteiger partial charge in [0.25, 0.3) is 5.91 Å². The fraction of sp³-hybridized carbons (Fsp3) is 0.524. The summed E-state index contributed by atoms with van der Waals surface area (Å²) in [6.45, 7) is 2.03. The summed E-state index contributed by atoms with van der Waals surface area (Å²) in [5.41, 5.74) is 7.86. The van der Waals surface area contributed by atoms with Crippen molar-refractivity contribution < 1.29 is 22.7 Å². The predicted molar refractivity (Wildman–Crippen MR) is 110 cm³/mol. The standard InChI is InChI=1S/C21H23F3N6O2/c1-12-8-29(16-3-2-13(7-25)18-19(16)28-5-4-27-18)11-17(32-12)20(31)30-9-14(21(22,23)24)6-15(26)10-30/h2-5,12,14-15,17H,6,8-11,26H2,1H3/t12-,14+,15-,17-/m1/s1. The van der Waals surface area contributed by atoms with Crippen molar-refractivity contribution >= 4 is 22.6 Å². The molecule has 2 aliphatic heterocycles. The van der Waals surface area contributed by atoms with E-state index < -0.39 is 36.7 Å². The van der Waals surface area contributed by atoms with Gasteiger partial charge < -0.3 is 20.3 Å². The maximum Gasteiger partial charge on any atom is 0.393 e. The van der Waals surface area contributed by atoms with Gasteiger partial charge in [-0.05, 0) is 25.5 Å². The van der Waals surface area contributed by atoms with Gasteiger partial charge in [-0.15, -0.1) is 0 Å². The minimum Gasteiger partial charge on any atom is -0.364 e.